The Morgan fingerprint density at radius 2 is 1.74 bits per heavy atom. The Kier molecular flexibility index (Phi) is 4.63. The van der Waals surface area contributed by atoms with Gasteiger partial charge in [-0.25, -0.2) is 8.78 Å². The quantitative estimate of drug-likeness (QED) is 0.609. The van der Waals surface area contributed by atoms with Crippen LogP contribution in [0.3, 0.4) is 0 Å². The molecule has 0 amide bonds. The summed E-state index contributed by atoms with van der Waals surface area (Å²) in [5.41, 5.74) is -0.251. The van der Waals surface area contributed by atoms with Crippen LogP contribution in [0.5, 0.6) is 0 Å². The van der Waals surface area contributed by atoms with Gasteiger partial charge < -0.3 is 4.43 Å². The molecular formula is C14H20F2O2Si. The van der Waals surface area contributed by atoms with Crippen molar-refractivity contribution in [3.05, 3.63) is 34.9 Å². The van der Waals surface area contributed by atoms with Crippen LogP contribution in [-0.2, 0) is 11.0 Å². The van der Waals surface area contributed by atoms with E-state index in [4.69, 9.17) is 4.43 Å². The van der Waals surface area contributed by atoms with E-state index in [0.717, 1.165) is 12.1 Å². The van der Waals surface area contributed by atoms with E-state index in [-0.39, 0.29) is 22.8 Å². The minimum absolute atomic E-state index is 0.000162. The number of hydrogen-bond donors (Lipinski definition) is 0. The minimum atomic E-state index is -2.07. The average Bonchev–Trinajstić information content (AvgIpc) is 2.28. The van der Waals surface area contributed by atoms with Gasteiger partial charge in [0.2, 0.25) is 0 Å². The first kappa shape index (κ1) is 16.0. The Hall–Kier alpha value is -1.07. The van der Waals surface area contributed by atoms with Gasteiger partial charge in [-0.05, 0) is 30.3 Å². The highest BCUT2D eigenvalue weighted by Gasteiger charge is 2.37. The number of halogens is 2. The summed E-state index contributed by atoms with van der Waals surface area (Å²) in [7, 11) is -2.07. The lowest BCUT2D eigenvalue weighted by atomic mass is 10.1. The minimum Gasteiger partial charge on any atom is -0.412 e. The molecule has 0 N–H and O–H groups in total. The topological polar surface area (TPSA) is 26.3 Å². The molecule has 0 radical (unpaired) electrons. The van der Waals surface area contributed by atoms with Crippen molar-refractivity contribution in [1.82, 2.24) is 0 Å². The lowest BCUT2D eigenvalue weighted by Gasteiger charge is -2.36. The van der Waals surface area contributed by atoms with Crippen LogP contribution < -0.4 is 0 Å². The Labute approximate surface area is 113 Å². The summed E-state index contributed by atoms with van der Waals surface area (Å²) in [5.74, 6) is -1.33. The van der Waals surface area contributed by atoms with E-state index in [1.54, 1.807) is 0 Å². The van der Waals surface area contributed by atoms with E-state index in [0.29, 0.717) is 6.29 Å². The Morgan fingerprint density at radius 3 is 2.21 bits per heavy atom. The first-order chi connectivity index (χ1) is 8.60. The molecule has 1 rings (SSSR count). The predicted octanol–water partition coefficient (Wildman–Crippen LogP) is 4.30. The van der Waals surface area contributed by atoms with Crippen LogP contribution in [0, 0.1) is 11.6 Å². The fourth-order valence-electron chi connectivity index (χ4n) is 1.35. The van der Waals surface area contributed by atoms with E-state index in [1.807, 2.05) is 13.1 Å². The van der Waals surface area contributed by atoms with E-state index in [9.17, 15) is 13.6 Å². The van der Waals surface area contributed by atoms with Gasteiger partial charge in [-0.1, -0.05) is 20.8 Å². The molecule has 5 heteroatoms. The van der Waals surface area contributed by atoms with Gasteiger partial charge in [-0.15, -0.1) is 0 Å². The van der Waals surface area contributed by atoms with E-state index in [2.05, 4.69) is 20.8 Å². The second-order valence-electron chi connectivity index (χ2n) is 6.09. The third kappa shape index (κ3) is 3.48. The fourth-order valence-corrected chi connectivity index (χ4v) is 2.29. The number of hydrogen-bond acceptors (Lipinski definition) is 2. The Balaban J connectivity index is 3.02. The van der Waals surface area contributed by atoms with Crippen molar-refractivity contribution in [3.63, 3.8) is 0 Å². The van der Waals surface area contributed by atoms with Crippen LogP contribution in [0.25, 0.3) is 0 Å². The molecule has 0 unspecified atom stereocenters. The molecule has 0 atom stereocenters. The number of aldehydes is 1. The second-order valence-corrected chi connectivity index (χ2v) is 10.9. The van der Waals surface area contributed by atoms with E-state index >= 15 is 0 Å². The molecule has 1 aromatic carbocycles. The van der Waals surface area contributed by atoms with Gasteiger partial charge in [-0.3, -0.25) is 4.79 Å². The molecule has 0 fully saturated rings. The first-order valence-electron chi connectivity index (χ1n) is 6.16. The standard InChI is InChI=1S/C14H20F2O2Si/c1-14(2,3)19(4,5)18-9-11-10(8-17)12(15)6-7-13(11)16/h6-8H,9H2,1-5H3. The molecule has 0 aromatic heterocycles. The van der Waals surface area contributed by atoms with Crippen molar-refractivity contribution >= 4 is 14.6 Å². The Bertz CT molecular complexity index is 479. The summed E-state index contributed by atoms with van der Waals surface area (Å²) in [6.07, 6.45) is 0.336. The summed E-state index contributed by atoms with van der Waals surface area (Å²) in [6, 6.07) is 1.97. The van der Waals surface area contributed by atoms with Crippen molar-refractivity contribution in [2.45, 2.75) is 45.5 Å². The summed E-state index contributed by atoms with van der Waals surface area (Å²) in [5, 5.41) is -0.0296. The first-order valence-corrected chi connectivity index (χ1v) is 9.07. The summed E-state index contributed by atoms with van der Waals surface area (Å²) >= 11 is 0. The van der Waals surface area contributed by atoms with Gasteiger partial charge in [0.1, 0.15) is 11.6 Å². The van der Waals surface area contributed by atoms with Gasteiger partial charge in [0.25, 0.3) is 0 Å². The van der Waals surface area contributed by atoms with Crippen molar-refractivity contribution in [1.29, 1.82) is 0 Å². The molecule has 0 aliphatic heterocycles. The third-order valence-electron chi connectivity index (χ3n) is 3.75. The van der Waals surface area contributed by atoms with E-state index in [1.165, 1.54) is 0 Å². The highest BCUT2D eigenvalue weighted by Crippen LogP contribution is 2.37. The second kappa shape index (κ2) is 5.51. The fraction of sp³-hybridized carbons (Fsp3) is 0.500. The maximum atomic E-state index is 13.7. The maximum absolute atomic E-state index is 13.7. The van der Waals surface area contributed by atoms with Gasteiger partial charge in [-0.2, -0.15) is 0 Å². The van der Waals surface area contributed by atoms with E-state index < -0.39 is 20.0 Å². The molecule has 0 saturated carbocycles. The van der Waals surface area contributed by atoms with Crippen molar-refractivity contribution in [3.8, 4) is 0 Å². The van der Waals surface area contributed by atoms with Crippen LogP contribution >= 0.6 is 0 Å². The van der Waals surface area contributed by atoms with Gasteiger partial charge in [0.05, 0.1) is 12.2 Å². The maximum Gasteiger partial charge on any atom is 0.192 e. The number of benzene rings is 1. The lowest BCUT2D eigenvalue weighted by Crippen LogP contribution is -2.40. The number of carbonyl (C=O) groups is 1. The highest BCUT2D eigenvalue weighted by molar-refractivity contribution is 6.74. The van der Waals surface area contributed by atoms with Gasteiger partial charge >= 0.3 is 0 Å². The monoisotopic (exact) mass is 286 g/mol. The smallest absolute Gasteiger partial charge is 0.192 e. The molecule has 0 heterocycles. The van der Waals surface area contributed by atoms with Crippen molar-refractivity contribution in [2.75, 3.05) is 0 Å². The normalized spacial score (nSPS) is 12.6. The molecule has 19 heavy (non-hydrogen) atoms. The zero-order valence-corrected chi connectivity index (χ0v) is 13.0. The van der Waals surface area contributed by atoms with Crippen LogP contribution in [-0.4, -0.2) is 14.6 Å². The van der Waals surface area contributed by atoms with Gasteiger partial charge in [0.15, 0.2) is 14.6 Å². The molecule has 0 spiro atoms. The van der Waals surface area contributed by atoms with Crippen LogP contribution in [0.1, 0.15) is 36.7 Å². The number of rotatable bonds is 4. The van der Waals surface area contributed by atoms with Crippen molar-refractivity contribution < 1.29 is 18.0 Å². The predicted molar refractivity (Wildman–Crippen MR) is 73.7 cm³/mol. The Morgan fingerprint density at radius 1 is 1.21 bits per heavy atom. The third-order valence-corrected chi connectivity index (χ3v) is 8.23. The number of carbonyl (C=O) groups excluding carboxylic acids is 1. The SMILES string of the molecule is CC(C)(C)[Si](C)(C)OCc1c(F)ccc(F)c1C=O. The lowest BCUT2D eigenvalue weighted by molar-refractivity contribution is 0.111. The molecule has 0 aliphatic carbocycles. The van der Waals surface area contributed by atoms with Crippen LogP contribution in [0.2, 0.25) is 18.1 Å². The molecule has 1 aromatic rings. The molecular weight excluding hydrogens is 266 g/mol. The molecule has 2 nitrogen and oxygen atoms in total. The summed E-state index contributed by atoms with van der Waals surface area (Å²) < 4.78 is 33.0. The highest BCUT2D eigenvalue weighted by atomic mass is 28.4. The molecule has 0 bridgehead atoms. The van der Waals surface area contributed by atoms with Crippen molar-refractivity contribution in [2.24, 2.45) is 0 Å². The van der Waals surface area contributed by atoms with Crippen LogP contribution in [0.4, 0.5) is 8.78 Å². The summed E-state index contributed by atoms with van der Waals surface area (Å²) in [6.45, 7) is 10.1. The zero-order valence-electron chi connectivity index (χ0n) is 12.0. The van der Waals surface area contributed by atoms with Crippen LogP contribution in [0.15, 0.2) is 12.1 Å². The van der Waals surface area contributed by atoms with Gasteiger partial charge in [0, 0.05) is 5.56 Å². The largest absolute Gasteiger partial charge is 0.412 e. The molecule has 0 aliphatic rings. The summed E-state index contributed by atoms with van der Waals surface area (Å²) in [4.78, 5) is 10.9. The average molecular weight is 286 g/mol. The molecule has 0 saturated heterocycles. The molecule has 106 valence electrons. The zero-order chi connectivity index (χ0) is 14.8.